The van der Waals surface area contributed by atoms with E-state index in [1.165, 1.54) is 10.6 Å². The molecule has 0 radical (unpaired) electrons. The highest BCUT2D eigenvalue weighted by atomic mass is 32.2. The summed E-state index contributed by atoms with van der Waals surface area (Å²) in [7, 11) is -1.99. The smallest absolute Gasteiger partial charge is 0.302 e. The Hall–Kier alpha value is -1.96. The van der Waals surface area contributed by atoms with Crippen molar-refractivity contribution in [1.29, 1.82) is 0 Å². The van der Waals surface area contributed by atoms with E-state index in [-0.39, 0.29) is 15.8 Å². The lowest BCUT2D eigenvalue weighted by Crippen LogP contribution is -2.26. The van der Waals surface area contributed by atoms with Gasteiger partial charge in [0.1, 0.15) is 0 Å². The molecule has 0 saturated heterocycles. The van der Waals surface area contributed by atoms with E-state index in [2.05, 4.69) is 4.72 Å². The highest BCUT2D eigenvalue weighted by molar-refractivity contribution is 7.89. The lowest BCUT2D eigenvalue weighted by molar-refractivity contribution is 0.567. The Morgan fingerprint density at radius 1 is 1.13 bits per heavy atom. The zero-order valence-corrected chi connectivity index (χ0v) is 14.3. The maximum absolute atomic E-state index is 12.6. The number of aromatic nitrogens is 1. The number of thiazole rings is 1. The van der Waals surface area contributed by atoms with Crippen LogP contribution in [0.3, 0.4) is 0 Å². The predicted molar refractivity (Wildman–Crippen MR) is 92.2 cm³/mol. The predicted octanol–water partition coefficient (Wildman–Crippen LogP) is 2.64. The highest BCUT2D eigenvalue weighted by Crippen LogP contribution is 2.22. The Balaban J connectivity index is 1.95. The van der Waals surface area contributed by atoms with E-state index in [4.69, 9.17) is 0 Å². The zero-order chi connectivity index (χ0) is 16.6. The van der Waals surface area contributed by atoms with E-state index in [9.17, 15) is 13.2 Å². The largest absolute Gasteiger partial charge is 0.307 e. The Labute approximate surface area is 138 Å². The van der Waals surface area contributed by atoms with E-state index >= 15 is 0 Å². The topological polar surface area (TPSA) is 68.2 Å². The number of nitrogens with one attached hydrogen (secondary N) is 1. The first-order chi connectivity index (χ1) is 10.9. The van der Waals surface area contributed by atoms with Crippen LogP contribution in [-0.2, 0) is 17.1 Å². The molecule has 0 amide bonds. The van der Waals surface area contributed by atoms with Gasteiger partial charge in [-0.15, -0.1) is 0 Å². The van der Waals surface area contributed by atoms with Crippen LogP contribution in [0, 0.1) is 0 Å². The highest BCUT2D eigenvalue weighted by Gasteiger charge is 2.19. The van der Waals surface area contributed by atoms with E-state index < -0.39 is 10.0 Å². The molecule has 0 aliphatic rings. The molecule has 0 saturated carbocycles. The number of rotatable bonds is 4. The van der Waals surface area contributed by atoms with Crippen molar-refractivity contribution < 1.29 is 8.42 Å². The molecule has 0 spiro atoms. The van der Waals surface area contributed by atoms with Gasteiger partial charge in [0, 0.05) is 13.1 Å². The Morgan fingerprint density at radius 3 is 2.52 bits per heavy atom. The molecule has 0 aliphatic carbocycles. The standard InChI is InChI=1S/C16H16N2O3S2/c1-11(12-6-4-3-5-7-12)17-23(20,21)13-8-9-14-15(10-13)22-16(19)18(14)2/h3-11,17H,1-2H3/t11-/m0/s1. The van der Waals surface area contributed by atoms with E-state index in [1.807, 2.05) is 30.3 Å². The summed E-state index contributed by atoms with van der Waals surface area (Å²) < 4.78 is 30.0. The molecule has 0 unspecified atom stereocenters. The molecule has 1 heterocycles. The van der Waals surface area contributed by atoms with Gasteiger partial charge in [-0.3, -0.25) is 4.79 Å². The summed E-state index contributed by atoms with van der Waals surface area (Å²) in [5, 5.41) is 0. The fourth-order valence-corrected chi connectivity index (χ4v) is 4.64. The lowest BCUT2D eigenvalue weighted by atomic mass is 10.1. The maximum atomic E-state index is 12.6. The van der Waals surface area contributed by atoms with Crippen LogP contribution in [-0.4, -0.2) is 13.0 Å². The summed E-state index contributed by atoms with van der Waals surface area (Å²) in [5.41, 5.74) is 1.62. The first-order valence-corrected chi connectivity index (χ1v) is 9.35. The second-order valence-corrected chi connectivity index (χ2v) is 8.02. The fraction of sp³-hybridized carbons (Fsp3) is 0.188. The second-order valence-electron chi connectivity index (χ2n) is 5.31. The molecule has 3 rings (SSSR count). The minimum atomic E-state index is -3.66. The third-order valence-electron chi connectivity index (χ3n) is 3.71. The maximum Gasteiger partial charge on any atom is 0.307 e. The molecule has 1 aromatic heterocycles. The SMILES string of the molecule is C[C@H](NS(=O)(=O)c1ccc2c(c1)sc(=O)n2C)c1ccccc1. The molecule has 5 nitrogen and oxygen atoms in total. The number of hydrogen-bond acceptors (Lipinski definition) is 4. The van der Waals surface area contributed by atoms with Crippen LogP contribution in [0.5, 0.6) is 0 Å². The molecule has 1 N–H and O–H groups in total. The van der Waals surface area contributed by atoms with Gasteiger partial charge in [0.25, 0.3) is 0 Å². The summed E-state index contributed by atoms with van der Waals surface area (Å²) in [4.78, 5) is 11.7. The minimum absolute atomic E-state index is 0.111. The quantitative estimate of drug-likeness (QED) is 0.788. The molecule has 0 fully saturated rings. The summed E-state index contributed by atoms with van der Waals surface area (Å²) in [6.07, 6.45) is 0. The Morgan fingerprint density at radius 2 is 1.83 bits per heavy atom. The molecule has 120 valence electrons. The number of aryl methyl sites for hydroxylation is 1. The molecule has 23 heavy (non-hydrogen) atoms. The van der Waals surface area contributed by atoms with Crippen LogP contribution in [0.15, 0.2) is 58.2 Å². The monoisotopic (exact) mass is 348 g/mol. The van der Waals surface area contributed by atoms with Crippen LogP contribution >= 0.6 is 11.3 Å². The second kappa shape index (κ2) is 5.92. The summed E-state index contributed by atoms with van der Waals surface area (Å²) in [5.74, 6) is 0. The van der Waals surface area contributed by atoms with Gasteiger partial charge in [0.05, 0.1) is 15.1 Å². The number of fused-ring (bicyclic) bond motifs is 1. The molecule has 0 bridgehead atoms. The van der Waals surface area contributed by atoms with Gasteiger partial charge in [-0.05, 0) is 30.7 Å². The van der Waals surface area contributed by atoms with Crippen molar-refractivity contribution >= 4 is 31.6 Å². The van der Waals surface area contributed by atoms with Crippen LogP contribution in [0.1, 0.15) is 18.5 Å². The molecule has 3 aromatic rings. The van der Waals surface area contributed by atoms with Crippen molar-refractivity contribution in [2.24, 2.45) is 7.05 Å². The minimum Gasteiger partial charge on any atom is -0.302 e. The fourth-order valence-electron chi connectivity index (χ4n) is 2.39. The Kier molecular flexibility index (Phi) is 4.09. The third kappa shape index (κ3) is 3.08. The zero-order valence-electron chi connectivity index (χ0n) is 12.7. The van der Waals surface area contributed by atoms with Crippen molar-refractivity contribution in [2.75, 3.05) is 0 Å². The van der Waals surface area contributed by atoms with Crippen LogP contribution in [0.25, 0.3) is 10.2 Å². The molecule has 2 aromatic carbocycles. The lowest BCUT2D eigenvalue weighted by Gasteiger charge is -2.14. The summed E-state index contributed by atoms with van der Waals surface area (Å²) in [6.45, 7) is 1.80. The van der Waals surface area contributed by atoms with Gasteiger partial charge in [0.15, 0.2) is 0 Å². The van der Waals surface area contributed by atoms with E-state index in [0.717, 1.165) is 22.4 Å². The van der Waals surface area contributed by atoms with E-state index in [0.29, 0.717) is 4.70 Å². The van der Waals surface area contributed by atoms with Crippen molar-refractivity contribution in [2.45, 2.75) is 17.9 Å². The molecular formula is C16H16N2O3S2. The number of hydrogen-bond donors (Lipinski definition) is 1. The summed E-state index contributed by atoms with van der Waals surface area (Å²) >= 11 is 1.04. The molecule has 1 atom stereocenters. The number of sulfonamides is 1. The van der Waals surface area contributed by atoms with E-state index in [1.54, 1.807) is 26.1 Å². The summed E-state index contributed by atoms with van der Waals surface area (Å²) in [6, 6.07) is 13.8. The first-order valence-electron chi connectivity index (χ1n) is 7.05. The van der Waals surface area contributed by atoms with Crippen molar-refractivity contribution in [3.8, 4) is 0 Å². The van der Waals surface area contributed by atoms with Crippen LogP contribution < -0.4 is 9.60 Å². The van der Waals surface area contributed by atoms with Crippen LogP contribution in [0.2, 0.25) is 0 Å². The van der Waals surface area contributed by atoms with Gasteiger partial charge in [-0.25, -0.2) is 13.1 Å². The van der Waals surface area contributed by atoms with Crippen molar-refractivity contribution in [3.63, 3.8) is 0 Å². The molecule has 0 aliphatic heterocycles. The first kappa shape index (κ1) is 15.9. The normalized spacial score (nSPS) is 13.3. The number of nitrogens with zero attached hydrogens (tertiary/aromatic N) is 1. The molecular weight excluding hydrogens is 332 g/mol. The molecule has 7 heteroatoms. The van der Waals surface area contributed by atoms with Crippen molar-refractivity contribution in [3.05, 3.63) is 63.8 Å². The average molecular weight is 348 g/mol. The van der Waals surface area contributed by atoms with Gasteiger partial charge in [-0.1, -0.05) is 41.7 Å². The van der Waals surface area contributed by atoms with Crippen LogP contribution in [0.4, 0.5) is 0 Å². The average Bonchev–Trinajstić information content (AvgIpc) is 2.82. The van der Waals surface area contributed by atoms with Gasteiger partial charge in [0.2, 0.25) is 10.0 Å². The number of benzene rings is 2. The van der Waals surface area contributed by atoms with Gasteiger partial charge in [-0.2, -0.15) is 0 Å². The van der Waals surface area contributed by atoms with Gasteiger partial charge >= 0.3 is 4.87 Å². The van der Waals surface area contributed by atoms with Gasteiger partial charge < -0.3 is 4.57 Å². The Bertz CT molecular complexity index is 1000. The third-order valence-corrected chi connectivity index (χ3v) is 6.24. The van der Waals surface area contributed by atoms with Crippen molar-refractivity contribution in [1.82, 2.24) is 9.29 Å².